The predicted octanol–water partition coefficient (Wildman–Crippen LogP) is 0.656. The van der Waals surface area contributed by atoms with Gasteiger partial charge < -0.3 is 5.73 Å². The van der Waals surface area contributed by atoms with E-state index in [2.05, 4.69) is 5.92 Å². The summed E-state index contributed by atoms with van der Waals surface area (Å²) in [5, 5.41) is 0. The van der Waals surface area contributed by atoms with Crippen LogP contribution in [0.3, 0.4) is 0 Å². The van der Waals surface area contributed by atoms with Crippen molar-refractivity contribution in [2.75, 3.05) is 38.5 Å². The zero-order valence-electron chi connectivity index (χ0n) is 11.8. The third kappa shape index (κ3) is 3.18. The molecule has 114 valence electrons. The Balaban J connectivity index is 2.24. The molecule has 1 aromatic rings. The average Bonchev–Trinajstić information content (AvgIpc) is 2.43. The van der Waals surface area contributed by atoms with Gasteiger partial charge in [0.15, 0.2) is 0 Å². The zero-order valence-corrected chi connectivity index (χ0v) is 12.7. The Kier molecular flexibility index (Phi) is 4.52. The highest BCUT2D eigenvalue weighted by atomic mass is 32.2. The van der Waals surface area contributed by atoms with Gasteiger partial charge in [-0.2, -0.15) is 4.31 Å². The molecule has 0 aliphatic carbocycles. The summed E-state index contributed by atoms with van der Waals surface area (Å²) < 4.78 is 40.0. The second-order valence-corrected chi connectivity index (χ2v) is 6.93. The lowest BCUT2D eigenvalue weighted by Crippen LogP contribution is -2.48. The molecule has 0 radical (unpaired) electrons. The van der Waals surface area contributed by atoms with Gasteiger partial charge in [-0.3, -0.25) is 4.90 Å². The minimum atomic E-state index is -3.66. The fraction of sp³-hybridized carbons (Fsp3) is 0.429. The number of benzene rings is 1. The van der Waals surface area contributed by atoms with E-state index in [9.17, 15) is 12.8 Å². The summed E-state index contributed by atoms with van der Waals surface area (Å²) in [6.07, 6.45) is 5.25. The fourth-order valence-electron chi connectivity index (χ4n) is 2.34. The van der Waals surface area contributed by atoms with Crippen molar-refractivity contribution in [2.45, 2.75) is 11.8 Å². The van der Waals surface area contributed by atoms with Crippen LogP contribution in [0.25, 0.3) is 0 Å². The number of hydrogen-bond acceptors (Lipinski definition) is 4. The Bertz CT molecular complexity index is 674. The average molecular weight is 311 g/mol. The van der Waals surface area contributed by atoms with Crippen molar-refractivity contribution in [3.8, 4) is 12.3 Å². The van der Waals surface area contributed by atoms with E-state index in [1.165, 1.54) is 10.4 Å². The molecule has 0 aromatic heterocycles. The van der Waals surface area contributed by atoms with Gasteiger partial charge in [0.25, 0.3) is 0 Å². The Labute approximate surface area is 124 Å². The van der Waals surface area contributed by atoms with Crippen LogP contribution in [0.4, 0.5) is 10.1 Å². The van der Waals surface area contributed by atoms with Crippen molar-refractivity contribution in [3.05, 3.63) is 23.5 Å². The molecule has 21 heavy (non-hydrogen) atoms. The normalized spacial score (nSPS) is 17.6. The first-order chi connectivity index (χ1) is 9.86. The summed E-state index contributed by atoms with van der Waals surface area (Å²) in [6, 6.07) is 2.34. The molecular formula is C14H18FN3O2S. The molecule has 1 aromatic carbocycles. The minimum absolute atomic E-state index is 0.0619. The van der Waals surface area contributed by atoms with Gasteiger partial charge in [0, 0.05) is 26.2 Å². The van der Waals surface area contributed by atoms with Crippen molar-refractivity contribution >= 4 is 15.7 Å². The number of nitrogen functional groups attached to an aromatic ring is 1. The first kappa shape index (κ1) is 15.8. The van der Waals surface area contributed by atoms with Gasteiger partial charge in [-0.05, 0) is 24.6 Å². The number of piperazine rings is 1. The topological polar surface area (TPSA) is 66.6 Å². The molecule has 1 fully saturated rings. The van der Waals surface area contributed by atoms with Crippen LogP contribution in [0, 0.1) is 25.1 Å². The van der Waals surface area contributed by atoms with Crippen LogP contribution in [0.2, 0.25) is 0 Å². The van der Waals surface area contributed by atoms with Crippen LogP contribution < -0.4 is 5.73 Å². The van der Waals surface area contributed by atoms with Gasteiger partial charge in [-0.15, -0.1) is 6.42 Å². The minimum Gasteiger partial charge on any atom is -0.396 e. The predicted molar refractivity (Wildman–Crippen MR) is 79.6 cm³/mol. The van der Waals surface area contributed by atoms with Gasteiger partial charge in [-0.25, -0.2) is 12.8 Å². The maximum absolute atomic E-state index is 13.4. The standard InChI is InChI=1S/C14H18FN3O2S/c1-3-4-17-5-7-18(8-6-17)21(19,20)14-10-13(16)12(15)9-11(14)2/h1,9-10H,4-8,16H2,2H3. The molecular weight excluding hydrogens is 293 g/mol. The van der Waals surface area contributed by atoms with Crippen LogP contribution in [0.1, 0.15) is 5.56 Å². The van der Waals surface area contributed by atoms with Gasteiger partial charge in [0.05, 0.1) is 17.1 Å². The number of hydrogen-bond donors (Lipinski definition) is 1. The van der Waals surface area contributed by atoms with Crippen molar-refractivity contribution < 1.29 is 12.8 Å². The summed E-state index contributed by atoms with van der Waals surface area (Å²) in [4.78, 5) is 2.07. The van der Waals surface area contributed by atoms with Gasteiger partial charge in [-0.1, -0.05) is 5.92 Å². The summed E-state index contributed by atoms with van der Waals surface area (Å²) in [6.45, 7) is 3.96. The van der Waals surface area contributed by atoms with E-state index in [0.717, 1.165) is 6.07 Å². The Morgan fingerprint density at radius 3 is 2.52 bits per heavy atom. The van der Waals surface area contributed by atoms with E-state index in [1.54, 1.807) is 6.92 Å². The van der Waals surface area contributed by atoms with Crippen LogP contribution in [-0.2, 0) is 10.0 Å². The number of aryl methyl sites for hydroxylation is 1. The van der Waals surface area contributed by atoms with Gasteiger partial charge >= 0.3 is 0 Å². The molecule has 1 aliphatic rings. The van der Waals surface area contributed by atoms with E-state index in [1.807, 2.05) is 4.90 Å². The summed E-state index contributed by atoms with van der Waals surface area (Å²) in [5.41, 5.74) is 5.68. The monoisotopic (exact) mass is 311 g/mol. The Morgan fingerprint density at radius 2 is 1.95 bits per heavy atom. The highest BCUT2D eigenvalue weighted by Gasteiger charge is 2.29. The molecule has 0 saturated carbocycles. The van der Waals surface area contributed by atoms with Gasteiger partial charge in [0.1, 0.15) is 5.82 Å². The second kappa shape index (κ2) is 6.02. The lowest BCUT2D eigenvalue weighted by molar-refractivity contribution is 0.207. The maximum Gasteiger partial charge on any atom is 0.243 e. The number of sulfonamides is 1. The molecule has 0 atom stereocenters. The first-order valence-electron chi connectivity index (χ1n) is 6.58. The van der Waals surface area contributed by atoms with Crippen LogP contribution in [0.5, 0.6) is 0 Å². The largest absolute Gasteiger partial charge is 0.396 e. The van der Waals surface area contributed by atoms with Crippen LogP contribution >= 0.6 is 0 Å². The molecule has 7 heteroatoms. The third-order valence-electron chi connectivity index (χ3n) is 3.56. The number of rotatable bonds is 3. The molecule has 1 heterocycles. The van der Waals surface area contributed by atoms with Crippen molar-refractivity contribution in [2.24, 2.45) is 0 Å². The molecule has 0 bridgehead atoms. The number of halogens is 1. The van der Waals surface area contributed by atoms with Gasteiger partial charge in [0.2, 0.25) is 10.0 Å². The number of nitrogens with zero attached hydrogens (tertiary/aromatic N) is 2. The quantitative estimate of drug-likeness (QED) is 0.658. The summed E-state index contributed by atoms with van der Waals surface area (Å²) >= 11 is 0. The van der Waals surface area contributed by atoms with Crippen molar-refractivity contribution in [1.82, 2.24) is 9.21 Å². The lowest BCUT2D eigenvalue weighted by Gasteiger charge is -2.33. The molecule has 1 saturated heterocycles. The highest BCUT2D eigenvalue weighted by molar-refractivity contribution is 7.89. The van der Waals surface area contributed by atoms with E-state index in [-0.39, 0.29) is 10.6 Å². The highest BCUT2D eigenvalue weighted by Crippen LogP contribution is 2.25. The molecule has 1 aliphatic heterocycles. The fourth-order valence-corrected chi connectivity index (χ4v) is 4.01. The summed E-state index contributed by atoms with van der Waals surface area (Å²) in [5.74, 6) is 1.94. The van der Waals surface area contributed by atoms with E-state index in [0.29, 0.717) is 38.3 Å². The van der Waals surface area contributed by atoms with Crippen molar-refractivity contribution in [3.63, 3.8) is 0 Å². The molecule has 0 unspecified atom stereocenters. The zero-order chi connectivity index (χ0) is 15.6. The van der Waals surface area contributed by atoms with E-state index >= 15 is 0 Å². The number of terminal acetylenes is 1. The first-order valence-corrected chi connectivity index (χ1v) is 8.02. The smallest absolute Gasteiger partial charge is 0.243 e. The van der Waals surface area contributed by atoms with Crippen LogP contribution in [-0.4, -0.2) is 50.3 Å². The number of nitrogens with two attached hydrogens (primary N) is 1. The molecule has 0 spiro atoms. The lowest BCUT2D eigenvalue weighted by atomic mass is 10.2. The second-order valence-electron chi connectivity index (χ2n) is 5.02. The SMILES string of the molecule is C#CCN1CCN(S(=O)(=O)c2cc(N)c(F)cc2C)CC1. The molecule has 0 amide bonds. The third-order valence-corrected chi connectivity index (χ3v) is 5.60. The molecule has 2 N–H and O–H groups in total. The Hall–Kier alpha value is -1.62. The number of anilines is 1. The van der Waals surface area contributed by atoms with E-state index < -0.39 is 15.8 Å². The van der Waals surface area contributed by atoms with Crippen molar-refractivity contribution in [1.29, 1.82) is 0 Å². The Morgan fingerprint density at radius 1 is 1.33 bits per heavy atom. The summed E-state index contributed by atoms with van der Waals surface area (Å²) in [7, 11) is -3.66. The maximum atomic E-state index is 13.4. The molecule has 2 rings (SSSR count). The van der Waals surface area contributed by atoms with E-state index in [4.69, 9.17) is 12.2 Å². The molecule has 5 nitrogen and oxygen atoms in total. The van der Waals surface area contributed by atoms with Crippen LogP contribution in [0.15, 0.2) is 17.0 Å².